The van der Waals surface area contributed by atoms with Crippen molar-refractivity contribution in [3.8, 4) is 0 Å². The lowest BCUT2D eigenvalue weighted by molar-refractivity contribution is -0.769. The minimum atomic E-state index is 0.966. The first kappa shape index (κ1) is 9.03. The van der Waals surface area contributed by atoms with E-state index in [1.54, 1.807) is 0 Å². The highest BCUT2D eigenvalue weighted by atomic mass is 15.3. The summed E-state index contributed by atoms with van der Waals surface area (Å²) in [6.07, 6.45) is 4.22. The highest BCUT2D eigenvalue weighted by Gasteiger charge is 2.18. The van der Waals surface area contributed by atoms with Gasteiger partial charge in [0.15, 0.2) is 6.67 Å². The summed E-state index contributed by atoms with van der Waals surface area (Å²) >= 11 is 0. The summed E-state index contributed by atoms with van der Waals surface area (Å²) in [5.41, 5.74) is 2.34. The van der Waals surface area contributed by atoms with Crippen LogP contribution in [-0.2, 0) is 0 Å². The topological polar surface area (TPSA) is 7.68 Å². The molecule has 1 atom stereocenters. The summed E-state index contributed by atoms with van der Waals surface area (Å²) in [7, 11) is 2.07. The Kier molecular flexibility index (Phi) is 2.37. The molecule has 0 radical (unpaired) electrons. The molecule has 1 aromatic carbocycles. The van der Waals surface area contributed by atoms with E-state index in [4.69, 9.17) is 0 Å². The van der Waals surface area contributed by atoms with E-state index in [9.17, 15) is 0 Å². The number of hydrogen-bond acceptors (Lipinski definition) is 1. The Morgan fingerprint density at radius 2 is 2.07 bits per heavy atom. The molecule has 0 saturated heterocycles. The Bertz CT molecular complexity index is 354. The zero-order valence-electron chi connectivity index (χ0n) is 8.40. The van der Waals surface area contributed by atoms with Crippen LogP contribution in [0.25, 0.3) is 5.70 Å². The zero-order chi connectivity index (χ0) is 9.97. The largest absolute Gasteiger partial charge is 0.329 e. The molecule has 2 nitrogen and oxygen atoms in total. The van der Waals surface area contributed by atoms with Gasteiger partial charge in [-0.3, -0.25) is 4.90 Å². The Morgan fingerprint density at radius 3 is 2.64 bits per heavy atom. The Hall–Kier alpha value is -1.54. The standard InChI is InChI=1S/C12H14N2/c1-11(12-6-4-3-5-7-12)14-9-8-13(2)10-14/h3-9H,1,10H2,2H3/p+1. The van der Waals surface area contributed by atoms with E-state index in [0.29, 0.717) is 0 Å². The molecule has 72 valence electrons. The highest BCUT2D eigenvalue weighted by molar-refractivity contribution is 5.55. The molecular weight excluding hydrogens is 172 g/mol. The second kappa shape index (κ2) is 3.68. The first-order valence-electron chi connectivity index (χ1n) is 4.76. The van der Waals surface area contributed by atoms with Crippen molar-refractivity contribution in [2.75, 3.05) is 13.7 Å². The number of benzene rings is 1. The molecule has 0 fully saturated rings. The van der Waals surface area contributed by atoms with Gasteiger partial charge in [-0.2, -0.15) is 0 Å². The molecule has 0 aromatic heterocycles. The van der Waals surface area contributed by atoms with Crippen LogP contribution in [0.3, 0.4) is 0 Å². The summed E-state index contributed by atoms with van der Waals surface area (Å²) in [5, 5.41) is 0. The third-order valence-corrected chi connectivity index (χ3v) is 2.46. The van der Waals surface area contributed by atoms with Gasteiger partial charge in [-0.25, -0.2) is 0 Å². The molecule has 0 bridgehead atoms. The fourth-order valence-corrected chi connectivity index (χ4v) is 1.61. The van der Waals surface area contributed by atoms with E-state index in [1.807, 2.05) is 18.2 Å². The van der Waals surface area contributed by atoms with Crippen molar-refractivity contribution in [2.24, 2.45) is 0 Å². The minimum absolute atomic E-state index is 0.966. The molecule has 14 heavy (non-hydrogen) atoms. The van der Waals surface area contributed by atoms with Crippen LogP contribution in [0, 0.1) is 0 Å². The molecule has 1 unspecified atom stereocenters. The third-order valence-electron chi connectivity index (χ3n) is 2.46. The second-order valence-electron chi connectivity index (χ2n) is 3.60. The summed E-state index contributed by atoms with van der Waals surface area (Å²) in [4.78, 5) is 3.46. The molecule has 1 N–H and O–H groups in total. The van der Waals surface area contributed by atoms with Crippen molar-refractivity contribution in [3.05, 3.63) is 54.9 Å². The maximum atomic E-state index is 4.13. The molecule has 1 aromatic rings. The summed E-state index contributed by atoms with van der Waals surface area (Å²) in [6.45, 7) is 5.09. The van der Waals surface area contributed by atoms with Crippen LogP contribution in [0.5, 0.6) is 0 Å². The van der Waals surface area contributed by atoms with E-state index in [0.717, 1.165) is 12.4 Å². The van der Waals surface area contributed by atoms with E-state index in [1.165, 1.54) is 10.5 Å². The number of nitrogens with one attached hydrogen (secondary N) is 1. The lowest BCUT2D eigenvalue weighted by Crippen LogP contribution is -3.04. The first-order valence-corrected chi connectivity index (χ1v) is 4.76. The highest BCUT2D eigenvalue weighted by Crippen LogP contribution is 2.05. The zero-order valence-corrected chi connectivity index (χ0v) is 8.40. The van der Waals surface area contributed by atoms with Gasteiger partial charge in [-0.15, -0.1) is 0 Å². The van der Waals surface area contributed by atoms with Crippen LogP contribution in [0.4, 0.5) is 0 Å². The van der Waals surface area contributed by atoms with Crippen LogP contribution in [0.1, 0.15) is 5.56 Å². The van der Waals surface area contributed by atoms with Gasteiger partial charge >= 0.3 is 0 Å². The molecule has 1 aliphatic heterocycles. The average molecular weight is 187 g/mol. The molecule has 0 spiro atoms. The molecule has 1 heterocycles. The third kappa shape index (κ3) is 1.70. The van der Waals surface area contributed by atoms with Gasteiger partial charge in [0, 0.05) is 12.6 Å². The molecule has 0 saturated carbocycles. The lowest BCUT2D eigenvalue weighted by atomic mass is 10.1. The molecule has 1 aliphatic rings. The van der Waals surface area contributed by atoms with Crippen LogP contribution in [-0.4, -0.2) is 18.6 Å². The van der Waals surface area contributed by atoms with Gasteiger partial charge < -0.3 is 4.90 Å². The van der Waals surface area contributed by atoms with Crippen molar-refractivity contribution in [1.29, 1.82) is 0 Å². The van der Waals surface area contributed by atoms with Crippen LogP contribution in [0.15, 0.2) is 49.3 Å². The van der Waals surface area contributed by atoms with E-state index in [-0.39, 0.29) is 0 Å². The van der Waals surface area contributed by atoms with Gasteiger partial charge in [0.1, 0.15) is 11.9 Å². The summed E-state index contributed by atoms with van der Waals surface area (Å²) in [6, 6.07) is 10.3. The van der Waals surface area contributed by atoms with Crippen molar-refractivity contribution in [2.45, 2.75) is 0 Å². The molecule has 0 amide bonds. The number of nitrogens with zero attached hydrogens (tertiary/aromatic N) is 1. The fourth-order valence-electron chi connectivity index (χ4n) is 1.61. The smallest absolute Gasteiger partial charge is 0.161 e. The van der Waals surface area contributed by atoms with Crippen LogP contribution in [0.2, 0.25) is 0 Å². The molecule has 2 heteroatoms. The Labute approximate surface area is 84.8 Å². The minimum Gasteiger partial charge on any atom is -0.329 e. The summed E-state index contributed by atoms with van der Waals surface area (Å²) < 4.78 is 0. The predicted octanol–water partition coefficient (Wildman–Crippen LogP) is 0.916. The molecular formula is C12H15N2+. The predicted molar refractivity (Wildman–Crippen MR) is 58.2 cm³/mol. The van der Waals surface area contributed by atoms with Gasteiger partial charge in [-0.1, -0.05) is 18.2 Å². The van der Waals surface area contributed by atoms with Gasteiger partial charge in [0.2, 0.25) is 0 Å². The quantitative estimate of drug-likeness (QED) is 0.723. The number of rotatable bonds is 2. The maximum absolute atomic E-state index is 4.13. The number of quaternary nitrogens is 1. The van der Waals surface area contributed by atoms with Crippen molar-refractivity contribution in [1.82, 2.24) is 4.90 Å². The summed E-state index contributed by atoms with van der Waals surface area (Å²) in [5.74, 6) is 0. The van der Waals surface area contributed by atoms with E-state index >= 15 is 0 Å². The first-order chi connectivity index (χ1) is 6.77. The lowest BCUT2D eigenvalue weighted by Gasteiger charge is -2.14. The maximum Gasteiger partial charge on any atom is 0.161 e. The SMILES string of the molecule is C=C(c1ccccc1)[NH+]1C=CN(C)C1. The second-order valence-corrected chi connectivity index (χ2v) is 3.60. The number of hydrogen-bond donors (Lipinski definition) is 1. The monoisotopic (exact) mass is 187 g/mol. The van der Waals surface area contributed by atoms with Crippen molar-refractivity contribution < 1.29 is 4.90 Å². The molecule has 0 aliphatic carbocycles. The molecule has 2 rings (SSSR count). The Balaban J connectivity index is 2.14. The average Bonchev–Trinajstić information content (AvgIpc) is 2.65. The van der Waals surface area contributed by atoms with E-state index in [2.05, 4.69) is 43.1 Å². The van der Waals surface area contributed by atoms with Gasteiger partial charge in [-0.05, 0) is 18.7 Å². The van der Waals surface area contributed by atoms with Gasteiger partial charge in [0.05, 0.1) is 6.20 Å². The fraction of sp³-hybridized carbons (Fsp3) is 0.167. The van der Waals surface area contributed by atoms with E-state index < -0.39 is 0 Å². The normalized spacial score (nSPS) is 20.1. The Morgan fingerprint density at radius 1 is 1.36 bits per heavy atom. The van der Waals surface area contributed by atoms with Gasteiger partial charge in [0.25, 0.3) is 0 Å². The van der Waals surface area contributed by atoms with Crippen LogP contribution < -0.4 is 4.90 Å². The van der Waals surface area contributed by atoms with Crippen molar-refractivity contribution >= 4 is 5.70 Å². The van der Waals surface area contributed by atoms with Crippen molar-refractivity contribution in [3.63, 3.8) is 0 Å². The van der Waals surface area contributed by atoms with Crippen LogP contribution >= 0.6 is 0 Å².